The molecule has 1 aromatic rings. The second kappa shape index (κ2) is 5.69. The van der Waals surface area contributed by atoms with Gasteiger partial charge >= 0.3 is 6.18 Å². The van der Waals surface area contributed by atoms with E-state index in [0.29, 0.717) is 0 Å². The van der Waals surface area contributed by atoms with Crippen LogP contribution in [0.2, 0.25) is 0 Å². The Labute approximate surface area is 104 Å². The molecule has 102 valence electrons. The van der Waals surface area contributed by atoms with Crippen LogP contribution in [0.4, 0.5) is 17.6 Å². The maximum atomic E-state index is 13.6. The van der Waals surface area contributed by atoms with Gasteiger partial charge in [0, 0.05) is 11.6 Å². The molecule has 0 saturated heterocycles. The fraction of sp³-hybridized carbons (Fsp3) is 0.538. The molecule has 1 nitrogen and oxygen atoms in total. The Morgan fingerprint density at radius 3 is 2.39 bits per heavy atom. The molecule has 0 heterocycles. The number of hydrogen-bond acceptors (Lipinski definition) is 1. The Bertz CT molecular complexity index is 400. The van der Waals surface area contributed by atoms with Crippen molar-refractivity contribution in [1.29, 1.82) is 0 Å². The highest BCUT2D eigenvalue weighted by molar-refractivity contribution is 5.29. The Kier molecular flexibility index (Phi) is 4.73. The number of hydrogen-bond donors (Lipinski definition) is 1. The van der Waals surface area contributed by atoms with Crippen LogP contribution in [-0.2, 0) is 6.18 Å². The summed E-state index contributed by atoms with van der Waals surface area (Å²) in [6, 6.07) is 1.66. The van der Waals surface area contributed by atoms with Gasteiger partial charge in [0.2, 0.25) is 0 Å². The van der Waals surface area contributed by atoms with Gasteiger partial charge in [-0.1, -0.05) is 20.3 Å². The molecule has 2 N–H and O–H groups in total. The highest BCUT2D eigenvalue weighted by atomic mass is 19.4. The first kappa shape index (κ1) is 15.0. The minimum Gasteiger partial charge on any atom is -0.324 e. The van der Waals surface area contributed by atoms with Crippen LogP contribution in [0.5, 0.6) is 0 Å². The molecule has 1 aromatic carbocycles. The minimum atomic E-state index is -4.48. The summed E-state index contributed by atoms with van der Waals surface area (Å²) < 4.78 is 51.2. The smallest absolute Gasteiger partial charge is 0.324 e. The summed E-state index contributed by atoms with van der Waals surface area (Å²) in [4.78, 5) is 0. The van der Waals surface area contributed by atoms with Crippen molar-refractivity contribution < 1.29 is 17.6 Å². The lowest BCUT2D eigenvalue weighted by Crippen LogP contribution is -2.21. The zero-order valence-corrected chi connectivity index (χ0v) is 10.4. The van der Waals surface area contributed by atoms with E-state index in [2.05, 4.69) is 0 Å². The summed E-state index contributed by atoms with van der Waals surface area (Å²) in [6.45, 7) is 3.76. The van der Waals surface area contributed by atoms with Crippen LogP contribution in [-0.4, -0.2) is 0 Å². The standard InChI is InChI=1S/C13H17F4N/c1-3-4-8(2)12(18)10-7-9(13(15,16)17)5-6-11(10)14/h5-8,12H,3-4,18H2,1-2H3. The third kappa shape index (κ3) is 3.45. The molecule has 0 aliphatic carbocycles. The van der Waals surface area contributed by atoms with Crippen LogP contribution >= 0.6 is 0 Å². The molecule has 18 heavy (non-hydrogen) atoms. The van der Waals surface area contributed by atoms with Crippen molar-refractivity contribution in [1.82, 2.24) is 0 Å². The monoisotopic (exact) mass is 263 g/mol. The summed E-state index contributed by atoms with van der Waals surface area (Å²) in [5, 5.41) is 0. The number of halogens is 4. The van der Waals surface area contributed by atoms with Crippen LogP contribution in [0.15, 0.2) is 18.2 Å². The highest BCUT2D eigenvalue weighted by Gasteiger charge is 2.32. The van der Waals surface area contributed by atoms with Crippen molar-refractivity contribution in [2.24, 2.45) is 11.7 Å². The predicted octanol–water partition coefficient (Wildman–Crippen LogP) is 4.28. The molecule has 0 bridgehead atoms. The number of nitrogens with two attached hydrogens (primary N) is 1. The van der Waals surface area contributed by atoms with Crippen LogP contribution in [0.25, 0.3) is 0 Å². The molecule has 2 atom stereocenters. The molecule has 0 radical (unpaired) electrons. The quantitative estimate of drug-likeness (QED) is 0.806. The normalized spacial score (nSPS) is 15.5. The van der Waals surface area contributed by atoms with Gasteiger partial charge in [-0.15, -0.1) is 0 Å². The van der Waals surface area contributed by atoms with E-state index in [4.69, 9.17) is 5.73 Å². The van der Waals surface area contributed by atoms with Crippen LogP contribution in [0.3, 0.4) is 0 Å². The molecule has 1 rings (SSSR count). The van der Waals surface area contributed by atoms with E-state index in [-0.39, 0.29) is 11.5 Å². The first-order valence-electron chi connectivity index (χ1n) is 5.89. The average molecular weight is 263 g/mol. The second-order valence-electron chi connectivity index (χ2n) is 4.53. The Balaban J connectivity index is 3.08. The Morgan fingerprint density at radius 1 is 1.28 bits per heavy atom. The number of rotatable bonds is 4. The molecule has 0 aliphatic rings. The van der Waals surface area contributed by atoms with Crippen molar-refractivity contribution in [2.45, 2.75) is 38.9 Å². The predicted molar refractivity (Wildman–Crippen MR) is 62.4 cm³/mol. The molecule has 0 aromatic heterocycles. The van der Waals surface area contributed by atoms with E-state index in [1.807, 2.05) is 13.8 Å². The SMILES string of the molecule is CCCC(C)C(N)c1cc(C(F)(F)F)ccc1F. The van der Waals surface area contributed by atoms with Crippen molar-refractivity contribution >= 4 is 0 Å². The summed E-state index contributed by atoms with van der Waals surface area (Å²) in [7, 11) is 0. The molecule has 0 spiro atoms. The highest BCUT2D eigenvalue weighted by Crippen LogP contribution is 2.33. The lowest BCUT2D eigenvalue weighted by Gasteiger charge is -2.21. The van der Waals surface area contributed by atoms with E-state index in [1.165, 1.54) is 0 Å². The van der Waals surface area contributed by atoms with E-state index in [9.17, 15) is 17.6 Å². The third-order valence-corrected chi connectivity index (χ3v) is 3.04. The van der Waals surface area contributed by atoms with Gasteiger partial charge < -0.3 is 5.73 Å². The molecular weight excluding hydrogens is 246 g/mol. The fourth-order valence-electron chi connectivity index (χ4n) is 1.92. The van der Waals surface area contributed by atoms with Gasteiger partial charge in [-0.05, 0) is 30.5 Å². The van der Waals surface area contributed by atoms with Gasteiger partial charge in [0.25, 0.3) is 0 Å². The molecule has 0 amide bonds. The number of benzene rings is 1. The molecule has 5 heteroatoms. The molecule has 0 aliphatic heterocycles. The van der Waals surface area contributed by atoms with Crippen molar-refractivity contribution in [3.63, 3.8) is 0 Å². The van der Waals surface area contributed by atoms with E-state index >= 15 is 0 Å². The van der Waals surface area contributed by atoms with Crippen LogP contribution < -0.4 is 5.73 Å². The van der Waals surface area contributed by atoms with Crippen LogP contribution in [0.1, 0.15) is 43.9 Å². The van der Waals surface area contributed by atoms with Crippen LogP contribution in [0, 0.1) is 11.7 Å². The summed E-state index contributed by atoms with van der Waals surface area (Å²) in [5.74, 6) is -0.744. The van der Waals surface area contributed by atoms with Gasteiger partial charge in [0.1, 0.15) is 5.82 Å². The van der Waals surface area contributed by atoms with Crippen molar-refractivity contribution in [3.8, 4) is 0 Å². The van der Waals surface area contributed by atoms with E-state index < -0.39 is 23.6 Å². The summed E-state index contributed by atoms with van der Waals surface area (Å²) in [5.41, 5.74) is 4.90. The molecule has 2 unspecified atom stereocenters. The third-order valence-electron chi connectivity index (χ3n) is 3.04. The largest absolute Gasteiger partial charge is 0.416 e. The topological polar surface area (TPSA) is 26.0 Å². The van der Waals surface area contributed by atoms with Gasteiger partial charge in [-0.25, -0.2) is 4.39 Å². The average Bonchev–Trinajstić information content (AvgIpc) is 2.27. The lowest BCUT2D eigenvalue weighted by atomic mass is 9.90. The summed E-state index contributed by atoms with van der Waals surface area (Å²) >= 11 is 0. The molecule has 0 fully saturated rings. The first-order chi connectivity index (χ1) is 8.27. The Hall–Kier alpha value is -1.10. The summed E-state index contributed by atoms with van der Waals surface area (Å²) in [6.07, 6.45) is -2.87. The minimum absolute atomic E-state index is 0.0621. The fourth-order valence-corrected chi connectivity index (χ4v) is 1.92. The van der Waals surface area contributed by atoms with Crippen molar-refractivity contribution in [3.05, 3.63) is 35.1 Å². The lowest BCUT2D eigenvalue weighted by molar-refractivity contribution is -0.137. The number of alkyl halides is 3. The second-order valence-corrected chi connectivity index (χ2v) is 4.53. The van der Waals surface area contributed by atoms with Gasteiger partial charge in [0.05, 0.1) is 5.56 Å². The van der Waals surface area contributed by atoms with Gasteiger partial charge in [-0.3, -0.25) is 0 Å². The first-order valence-corrected chi connectivity index (χ1v) is 5.89. The molecular formula is C13H17F4N. The van der Waals surface area contributed by atoms with E-state index in [0.717, 1.165) is 31.0 Å². The van der Waals surface area contributed by atoms with Crippen molar-refractivity contribution in [2.75, 3.05) is 0 Å². The zero-order chi connectivity index (χ0) is 13.9. The van der Waals surface area contributed by atoms with Gasteiger partial charge in [-0.2, -0.15) is 13.2 Å². The van der Waals surface area contributed by atoms with Gasteiger partial charge in [0.15, 0.2) is 0 Å². The maximum Gasteiger partial charge on any atom is 0.416 e. The van der Waals surface area contributed by atoms with E-state index in [1.54, 1.807) is 0 Å². The maximum absolute atomic E-state index is 13.6. The Morgan fingerprint density at radius 2 is 1.89 bits per heavy atom. The molecule has 0 saturated carbocycles. The zero-order valence-electron chi connectivity index (χ0n) is 10.4.